The van der Waals surface area contributed by atoms with Crippen molar-refractivity contribution in [2.75, 3.05) is 0 Å². The summed E-state index contributed by atoms with van der Waals surface area (Å²) < 4.78 is 0. The molecule has 2 aromatic rings. The maximum atomic E-state index is 12.3. The summed E-state index contributed by atoms with van der Waals surface area (Å²) >= 11 is 0. The van der Waals surface area contributed by atoms with Crippen molar-refractivity contribution in [3.63, 3.8) is 0 Å². The molecule has 1 aliphatic rings. The molecule has 0 amide bonds. The summed E-state index contributed by atoms with van der Waals surface area (Å²) in [6.07, 6.45) is 0. The van der Waals surface area contributed by atoms with E-state index in [4.69, 9.17) is 0 Å². The Hall–Kier alpha value is -0.914. The first kappa shape index (κ1) is 15.5. The van der Waals surface area contributed by atoms with E-state index >= 15 is 0 Å². The van der Waals surface area contributed by atoms with Gasteiger partial charge in [0.15, 0.2) is 17.3 Å². The molecule has 1 aliphatic carbocycles. The topological polar surface area (TPSA) is 51.2 Å². The Morgan fingerprint density at radius 2 is 1.20 bits per heavy atom. The molecule has 0 bridgehead atoms. The van der Waals surface area contributed by atoms with Gasteiger partial charge in [-0.15, -0.1) is 0 Å². The van der Waals surface area contributed by atoms with Gasteiger partial charge in [-0.05, 0) is 0 Å². The van der Waals surface area contributed by atoms with Crippen LogP contribution in [0.1, 0.15) is 31.1 Å². The number of fused-ring (bicyclic) bond motifs is 1. The van der Waals surface area contributed by atoms with Gasteiger partial charge in [-0.1, -0.05) is 54.6 Å². The fourth-order valence-electron chi connectivity index (χ4n) is 2.35. The maximum Gasteiger partial charge on any atom is 0.182 e. The summed E-state index contributed by atoms with van der Waals surface area (Å²) in [6.45, 7) is 0. The summed E-state index contributed by atoms with van der Waals surface area (Å²) in [4.78, 5) is 36.7. The monoisotopic (exact) mass is 289 g/mol. The van der Waals surface area contributed by atoms with Gasteiger partial charge in [0.05, 0.1) is 0 Å². The zero-order valence-electron chi connectivity index (χ0n) is 11.0. The zero-order valence-corrected chi connectivity index (χ0v) is 14.1. The molecule has 0 saturated heterocycles. The third-order valence-electron chi connectivity index (χ3n) is 3.30. The van der Waals surface area contributed by atoms with Gasteiger partial charge in [0.25, 0.3) is 0 Å². The second-order valence-corrected chi connectivity index (χ2v) is 4.44. The average molecular weight is 289 g/mol. The van der Waals surface area contributed by atoms with E-state index in [9.17, 15) is 14.4 Å². The van der Waals surface area contributed by atoms with Crippen LogP contribution >= 0.6 is 0 Å². The minimum Gasteiger partial charge on any atom is -0.293 e. The molecule has 4 heteroatoms. The third kappa shape index (κ3) is 2.50. The summed E-state index contributed by atoms with van der Waals surface area (Å²) in [5.41, 5.74) is 1.09. The van der Waals surface area contributed by atoms with Crippen LogP contribution in [0.3, 0.4) is 0 Å². The van der Waals surface area contributed by atoms with Crippen molar-refractivity contribution in [2.24, 2.45) is 5.92 Å². The van der Waals surface area contributed by atoms with Gasteiger partial charge in [0.1, 0.15) is 5.92 Å². The minimum absolute atomic E-state index is 0. The van der Waals surface area contributed by atoms with Crippen LogP contribution in [-0.4, -0.2) is 68.7 Å². The first-order chi connectivity index (χ1) is 9.20. The van der Waals surface area contributed by atoms with Crippen molar-refractivity contribution in [3.05, 3.63) is 71.3 Å². The number of benzene rings is 2. The van der Waals surface area contributed by atoms with E-state index in [2.05, 4.69) is 0 Å². The number of Topliss-reactive ketones (excluding diaryl/α,β-unsaturated/α-hetero) is 3. The smallest absolute Gasteiger partial charge is 0.182 e. The molecule has 20 heavy (non-hydrogen) atoms. The molecule has 1 radical (unpaired) electrons. The van der Waals surface area contributed by atoms with Crippen LogP contribution in [0, 0.1) is 5.92 Å². The van der Waals surface area contributed by atoms with Crippen LogP contribution in [0.15, 0.2) is 54.6 Å². The minimum atomic E-state index is -1.21. The predicted molar refractivity (Wildman–Crippen MR) is 75.1 cm³/mol. The Labute approximate surface area is 158 Å². The number of carbonyl (C=O) groups is 3. The first-order valence-corrected chi connectivity index (χ1v) is 5.97. The van der Waals surface area contributed by atoms with Crippen molar-refractivity contribution in [2.45, 2.75) is 0 Å². The van der Waals surface area contributed by atoms with E-state index in [0.717, 1.165) is 0 Å². The Morgan fingerprint density at radius 3 is 1.70 bits per heavy atom. The largest absolute Gasteiger partial charge is 0.293 e. The van der Waals surface area contributed by atoms with E-state index in [1.54, 1.807) is 54.6 Å². The molecule has 3 rings (SSSR count). The van der Waals surface area contributed by atoms with Crippen molar-refractivity contribution in [1.82, 2.24) is 0 Å². The molecule has 0 fully saturated rings. The molecule has 0 aromatic heterocycles. The van der Waals surface area contributed by atoms with Crippen LogP contribution in [0.2, 0.25) is 0 Å². The fourth-order valence-corrected chi connectivity index (χ4v) is 2.35. The van der Waals surface area contributed by atoms with Gasteiger partial charge in [0, 0.05) is 68.1 Å². The van der Waals surface area contributed by atoms with Gasteiger partial charge >= 0.3 is 0 Å². The summed E-state index contributed by atoms with van der Waals surface area (Å²) in [6, 6.07) is 15.0. The first-order valence-electron chi connectivity index (χ1n) is 5.97. The van der Waals surface area contributed by atoms with Gasteiger partial charge < -0.3 is 0 Å². The van der Waals surface area contributed by atoms with E-state index in [1.165, 1.54) is 0 Å². The second kappa shape index (κ2) is 6.24. The molecule has 0 saturated carbocycles. The molecule has 0 N–H and O–H groups in total. The molecule has 2 aromatic carbocycles. The maximum absolute atomic E-state index is 12.3. The van der Waals surface area contributed by atoms with E-state index < -0.39 is 23.3 Å². The van der Waals surface area contributed by atoms with E-state index in [-0.39, 0.29) is 51.4 Å². The van der Waals surface area contributed by atoms with Gasteiger partial charge in [-0.2, -0.15) is 0 Å². The van der Waals surface area contributed by atoms with Crippen molar-refractivity contribution in [3.8, 4) is 0 Å². The molecule has 3 nitrogen and oxygen atoms in total. The SMILES string of the molecule is O=C(c1ccccc1)C1C(=O)c2ccccc2C1=O.[K]. The normalized spacial score (nSPS) is 13.8. The van der Waals surface area contributed by atoms with Gasteiger partial charge in [-0.25, -0.2) is 0 Å². The van der Waals surface area contributed by atoms with Crippen LogP contribution in [0.25, 0.3) is 0 Å². The molecule has 0 atom stereocenters. The summed E-state index contributed by atoms with van der Waals surface area (Å²) in [5.74, 6) is -2.42. The molecule has 93 valence electrons. The molecule has 0 unspecified atom stereocenters. The number of hydrogen-bond donors (Lipinski definition) is 0. The van der Waals surface area contributed by atoms with E-state index in [1.807, 2.05) is 0 Å². The van der Waals surface area contributed by atoms with Gasteiger partial charge in [-0.3, -0.25) is 14.4 Å². The number of ketones is 3. The Bertz CT molecular complexity index is 657. The molecule has 0 aliphatic heterocycles. The van der Waals surface area contributed by atoms with Crippen LogP contribution in [-0.2, 0) is 0 Å². The fraction of sp³-hybridized carbons (Fsp3) is 0.0625. The quantitative estimate of drug-likeness (QED) is 0.484. The molecular formula is C16H10KO3. The van der Waals surface area contributed by atoms with E-state index in [0.29, 0.717) is 16.7 Å². The Morgan fingerprint density at radius 1 is 0.750 bits per heavy atom. The molecule has 0 spiro atoms. The number of rotatable bonds is 2. The Kier molecular flexibility index (Phi) is 4.83. The standard InChI is InChI=1S/C16H10O3.K/c17-14(10-6-2-1-3-7-10)13-15(18)11-8-4-5-9-12(11)16(13)19;/h1-9,13H;. The average Bonchev–Trinajstić information content (AvgIpc) is 2.72. The van der Waals surface area contributed by atoms with Crippen molar-refractivity contribution >= 4 is 68.7 Å². The predicted octanol–water partition coefficient (Wildman–Crippen LogP) is 2.18. The molecular weight excluding hydrogens is 279 g/mol. The second-order valence-electron chi connectivity index (χ2n) is 4.44. The summed E-state index contributed by atoms with van der Waals surface area (Å²) in [5, 5.41) is 0. The van der Waals surface area contributed by atoms with Gasteiger partial charge in [0.2, 0.25) is 0 Å². The number of carbonyl (C=O) groups excluding carboxylic acids is 3. The summed E-state index contributed by atoms with van der Waals surface area (Å²) in [7, 11) is 0. The number of hydrogen-bond acceptors (Lipinski definition) is 3. The zero-order chi connectivity index (χ0) is 13.4. The van der Waals surface area contributed by atoms with Crippen LogP contribution < -0.4 is 0 Å². The van der Waals surface area contributed by atoms with Crippen LogP contribution in [0.4, 0.5) is 0 Å². The van der Waals surface area contributed by atoms with Crippen molar-refractivity contribution in [1.29, 1.82) is 0 Å². The third-order valence-corrected chi connectivity index (χ3v) is 3.30. The Balaban J connectivity index is 0.00000147. The van der Waals surface area contributed by atoms with Crippen molar-refractivity contribution < 1.29 is 14.4 Å². The van der Waals surface area contributed by atoms with Crippen LogP contribution in [0.5, 0.6) is 0 Å². The molecule has 0 heterocycles.